The number of carbonyl (C=O) groups is 5. The minimum absolute atomic E-state index is 0.0109. The van der Waals surface area contributed by atoms with Crippen LogP contribution in [0.15, 0.2) is 24.3 Å². The number of hydrogen-bond donors (Lipinski definition) is 3. The van der Waals surface area contributed by atoms with Crippen molar-refractivity contribution in [3.8, 4) is 0 Å². The largest absolute Gasteiger partial charge is 0.468 e. The Labute approximate surface area is 178 Å². The van der Waals surface area contributed by atoms with Gasteiger partial charge in [-0.15, -0.1) is 0 Å². The first-order chi connectivity index (χ1) is 14.5. The van der Waals surface area contributed by atoms with Crippen molar-refractivity contribution in [2.45, 2.75) is 32.4 Å². The van der Waals surface area contributed by atoms with E-state index in [2.05, 4.69) is 20.1 Å². The zero-order chi connectivity index (χ0) is 23.7. The third kappa shape index (κ3) is 7.36. The Hall–Kier alpha value is -3.50. The van der Waals surface area contributed by atoms with Gasteiger partial charge in [0.15, 0.2) is 5.92 Å². The van der Waals surface area contributed by atoms with E-state index >= 15 is 0 Å². The normalized spacial score (nSPS) is 13.5. The maximum absolute atomic E-state index is 13.1. The van der Waals surface area contributed by atoms with Gasteiger partial charge in [-0.25, -0.2) is 4.39 Å². The number of hydrogen-bond acceptors (Lipinski definition) is 7. The number of halogens is 1. The van der Waals surface area contributed by atoms with E-state index in [1.165, 1.54) is 38.1 Å². The van der Waals surface area contributed by atoms with E-state index in [9.17, 15) is 28.4 Å². The van der Waals surface area contributed by atoms with Gasteiger partial charge in [0, 0.05) is 19.3 Å². The van der Waals surface area contributed by atoms with E-state index in [4.69, 9.17) is 5.73 Å². The number of benzene rings is 1. The molecule has 11 heteroatoms. The van der Waals surface area contributed by atoms with Crippen LogP contribution in [0.4, 0.5) is 4.39 Å². The molecule has 0 fully saturated rings. The summed E-state index contributed by atoms with van der Waals surface area (Å²) in [5, 5.41) is 4.82. The van der Waals surface area contributed by atoms with Gasteiger partial charge < -0.3 is 25.8 Å². The van der Waals surface area contributed by atoms with Crippen molar-refractivity contribution in [3.05, 3.63) is 35.6 Å². The van der Waals surface area contributed by atoms with E-state index < -0.39 is 59.4 Å². The second-order valence-corrected chi connectivity index (χ2v) is 6.86. The highest BCUT2D eigenvalue weighted by atomic mass is 19.1. The Morgan fingerprint density at radius 2 is 1.52 bits per heavy atom. The number of nitrogens with two attached hydrogens (primary N) is 1. The molecule has 0 radical (unpaired) electrons. The number of amides is 3. The molecule has 0 aliphatic carbocycles. The zero-order valence-electron chi connectivity index (χ0n) is 17.6. The molecule has 0 bridgehead atoms. The van der Waals surface area contributed by atoms with Crippen molar-refractivity contribution in [2.75, 3.05) is 14.2 Å². The topological polar surface area (TPSA) is 154 Å². The molecule has 3 amide bonds. The van der Waals surface area contributed by atoms with Gasteiger partial charge in [0.1, 0.15) is 17.9 Å². The van der Waals surface area contributed by atoms with Gasteiger partial charge in [0.2, 0.25) is 17.7 Å². The molecule has 1 rings (SSSR count). The minimum Gasteiger partial charge on any atom is -0.468 e. The number of methoxy groups -OCH3 is 2. The number of primary amides is 1. The molecule has 1 aromatic carbocycles. The first-order valence-corrected chi connectivity index (χ1v) is 9.28. The summed E-state index contributed by atoms with van der Waals surface area (Å²) in [4.78, 5) is 60.5. The number of esters is 2. The Balaban J connectivity index is 3.12. The summed E-state index contributed by atoms with van der Waals surface area (Å²) in [6.45, 7) is 2.55. The predicted molar refractivity (Wildman–Crippen MR) is 106 cm³/mol. The minimum atomic E-state index is -1.52. The van der Waals surface area contributed by atoms with E-state index in [1.807, 2.05) is 0 Å². The predicted octanol–water partition coefficient (Wildman–Crippen LogP) is -0.559. The summed E-state index contributed by atoms with van der Waals surface area (Å²) >= 11 is 0. The number of ether oxygens (including phenoxy) is 2. The lowest BCUT2D eigenvalue weighted by Gasteiger charge is -2.28. The third-order valence-corrected chi connectivity index (χ3v) is 4.61. The van der Waals surface area contributed by atoms with Crippen LogP contribution < -0.4 is 16.4 Å². The van der Waals surface area contributed by atoms with Crippen molar-refractivity contribution in [1.29, 1.82) is 0 Å². The van der Waals surface area contributed by atoms with Gasteiger partial charge in [-0.05, 0) is 17.7 Å². The van der Waals surface area contributed by atoms with Gasteiger partial charge in [-0.2, -0.15) is 0 Å². The maximum atomic E-state index is 13.1. The summed E-state index contributed by atoms with van der Waals surface area (Å²) in [5.41, 5.74) is 5.93. The fourth-order valence-corrected chi connectivity index (χ4v) is 3.00. The molecule has 170 valence electrons. The lowest BCUT2D eigenvalue weighted by Crippen LogP contribution is -2.57. The van der Waals surface area contributed by atoms with Gasteiger partial charge in [-0.1, -0.05) is 19.1 Å². The fraction of sp³-hybridized carbons (Fsp3) is 0.450. The van der Waals surface area contributed by atoms with Crippen LogP contribution in [-0.4, -0.2) is 56.0 Å². The SMILES string of the molecule is COC(=O)C(C(=O)OC)[C@@H](C)[C@@H](NC(=O)[C@H](Cc1ccc(F)cc1)NC(C)=O)C(N)=O. The molecule has 0 spiro atoms. The summed E-state index contributed by atoms with van der Waals surface area (Å²) in [7, 11) is 2.11. The highest BCUT2D eigenvalue weighted by Crippen LogP contribution is 2.20. The molecule has 10 nitrogen and oxygen atoms in total. The Kier molecular flexibility index (Phi) is 9.58. The molecule has 3 atom stereocenters. The molecule has 0 saturated heterocycles. The number of rotatable bonds is 10. The van der Waals surface area contributed by atoms with Crippen LogP contribution in [0.3, 0.4) is 0 Å². The average Bonchev–Trinajstić information content (AvgIpc) is 2.71. The molecule has 0 aliphatic heterocycles. The highest BCUT2D eigenvalue weighted by molar-refractivity contribution is 5.97. The lowest BCUT2D eigenvalue weighted by atomic mass is 9.86. The van der Waals surface area contributed by atoms with Crippen LogP contribution >= 0.6 is 0 Å². The van der Waals surface area contributed by atoms with Gasteiger partial charge in [0.05, 0.1) is 14.2 Å². The van der Waals surface area contributed by atoms with Crippen LogP contribution in [0.1, 0.15) is 19.4 Å². The first-order valence-electron chi connectivity index (χ1n) is 9.28. The van der Waals surface area contributed by atoms with Crippen molar-refractivity contribution < 1.29 is 37.8 Å². The molecule has 0 saturated carbocycles. The molecule has 4 N–H and O–H groups in total. The van der Waals surface area contributed by atoms with Gasteiger partial charge in [-0.3, -0.25) is 24.0 Å². The molecule has 1 aromatic rings. The Bertz CT molecular complexity index is 813. The fourth-order valence-electron chi connectivity index (χ4n) is 3.00. The van der Waals surface area contributed by atoms with Crippen molar-refractivity contribution in [2.24, 2.45) is 17.6 Å². The highest BCUT2D eigenvalue weighted by Gasteiger charge is 2.41. The maximum Gasteiger partial charge on any atom is 0.320 e. The van der Waals surface area contributed by atoms with Crippen molar-refractivity contribution in [1.82, 2.24) is 10.6 Å². The quantitative estimate of drug-likeness (QED) is 0.326. The monoisotopic (exact) mass is 439 g/mol. The molecule has 0 aliphatic rings. The lowest BCUT2D eigenvalue weighted by molar-refractivity contribution is -0.162. The Morgan fingerprint density at radius 1 is 1.00 bits per heavy atom. The molecule has 0 heterocycles. The van der Waals surface area contributed by atoms with E-state index in [0.717, 1.165) is 14.2 Å². The summed E-state index contributed by atoms with van der Waals surface area (Å²) in [6.07, 6.45) is -0.0109. The van der Waals surface area contributed by atoms with Crippen molar-refractivity contribution in [3.63, 3.8) is 0 Å². The van der Waals surface area contributed by atoms with Crippen molar-refractivity contribution >= 4 is 29.7 Å². The van der Waals surface area contributed by atoms with Crippen LogP contribution in [0.5, 0.6) is 0 Å². The van der Waals surface area contributed by atoms with Crippen LogP contribution in [-0.2, 0) is 39.9 Å². The molecule has 0 unspecified atom stereocenters. The Morgan fingerprint density at radius 3 is 1.94 bits per heavy atom. The van der Waals surface area contributed by atoms with Gasteiger partial charge in [0.25, 0.3) is 0 Å². The summed E-state index contributed by atoms with van der Waals surface area (Å²) in [6, 6.07) is 2.69. The van der Waals surface area contributed by atoms with E-state index in [1.54, 1.807) is 0 Å². The van der Waals surface area contributed by atoms with E-state index in [-0.39, 0.29) is 6.42 Å². The average molecular weight is 439 g/mol. The second-order valence-electron chi connectivity index (χ2n) is 6.86. The smallest absolute Gasteiger partial charge is 0.320 e. The summed E-state index contributed by atoms with van der Waals surface area (Å²) < 4.78 is 22.3. The number of carbonyl (C=O) groups excluding carboxylic acids is 5. The van der Waals surface area contributed by atoms with Crippen LogP contribution in [0.25, 0.3) is 0 Å². The second kappa shape index (κ2) is 11.6. The number of nitrogens with one attached hydrogen (secondary N) is 2. The standard InChI is InChI=1S/C20H26FN3O7/c1-10(15(19(28)30-3)20(29)31-4)16(17(22)26)24-18(27)14(23-11(2)25)9-12-5-7-13(21)8-6-12/h5-8,10,14-16H,9H2,1-4H3,(H2,22,26)(H,23,25)(H,24,27)/t10-,14+,16-/m1/s1. The third-order valence-electron chi connectivity index (χ3n) is 4.61. The summed E-state index contributed by atoms with van der Waals surface area (Å²) in [5.74, 6) is -7.37. The van der Waals surface area contributed by atoms with Crippen LogP contribution in [0, 0.1) is 17.7 Å². The molecule has 0 aromatic heterocycles. The zero-order valence-corrected chi connectivity index (χ0v) is 17.6. The van der Waals surface area contributed by atoms with E-state index in [0.29, 0.717) is 5.56 Å². The molecule has 31 heavy (non-hydrogen) atoms. The molecular formula is C20H26FN3O7. The van der Waals surface area contributed by atoms with Gasteiger partial charge >= 0.3 is 11.9 Å². The molecular weight excluding hydrogens is 413 g/mol. The first kappa shape index (κ1) is 25.5. The van der Waals surface area contributed by atoms with Crippen LogP contribution in [0.2, 0.25) is 0 Å².